The Bertz CT molecular complexity index is 1340. The molecule has 30 heavy (non-hydrogen) atoms. The Morgan fingerprint density at radius 2 is 1.57 bits per heavy atom. The minimum atomic E-state index is -0.722. The van der Waals surface area contributed by atoms with Crippen LogP contribution in [0.3, 0.4) is 0 Å². The lowest BCUT2D eigenvalue weighted by atomic mass is 10.1. The summed E-state index contributed by atoms with van der Waals surface area (Å²) in [6.07, 6.45) is -0.709. The number of rotatable bonds is 3. The van der Waals surface area contributed by atoms with Crippen molar-refractivity contribution in [2.24, 2.45) is 0 Å². The molecule has 0 atom stereocenters. The van der Waals surface area contributed by atoms with E-state index in [0.29, 0.717) is 11.4 Å². The molecule has 0 aliphatic rings. The topological polar surface area (TPSA) is 81.8 Å². The summed E-state index contributed by atoms with van der Waals surface area (Å²) in [5.74, 6) is -0.144. The van der Waals surface area contributed by atoms with E-state index in [4.69, 9.17) is 9.15 Å². The first-order valence-electron chi connectivity index (χ1n) is 9.19. The largest absolute Gasteiger partial charge is 0.422 e. The highest BCUT2D eigenvalue weighted by Gasteiger charge is 2.20. The molecule has 2 aromatic carbocycles. The highest BCUT2D eigenvalue weighted by atomic mass is 16.6. The van der Waals surface area contributed by atoms with Crippen molar-refractivity contribution in [3.63, 3.8) is 0 Å². The van der Waals surface area contributed by atoms with Crippen LogP contribution in [0, 0.1) is 0 Å². The van der Waals surface area contributed by atoms with E-state index in [-0.39, 0.29) is 16.7 Å². The molecule has 4 rings (SSSR count). The lowest BCUT2D eigenvalue weighted by Crippen LogP contribution is -2.27. The van der Waals surface area contributed by atoms with Crippen LogP contribution in [0.1, 0.15) is 0 Å². The van der Waals surface area contributed by atoms with E-state index in [1.54, 1.807) is 18.2 Å². The molecule has 7 heteroatoms. The lowest BCUT2D eigenvalue weighted by Gasteiger charge is -2.16. The molecule has 2 aromatic heterocycles. The van der Waals surface area contributed by atoms with Gasteiger partial charge in [0, 0.05) is 25.8 Å². The summed E-state index contributed by atoms with van der Waals surface area (Å²) in [5.41, 5.74) is 0.777. The fourth-order valence-corrected chi connectivity index (χ4v) is 3.13. The fourth-order valence-electron chi connectivity index (χ4n) is 3.13. The Balaban J connectivity index is 2.09. The molecule has 4 aromatic rings. The van der Waals surface area contributed by atoms with E-state index in [2.05, 4.69) is 0 Å². The van der Waals surface area contributed by atoms with Gasteiger partial charge in [-0.25, -0.2) is 9.59 Å². The molecule has 0 spiro atoms. The van der Waals surface area contributed by atoms with E-state index < -0.39 is 17.3 Å². The van der Waals surface area contributed by atoms with Crippen molar-refractivity contribution in [1.82, 2.24) is 9.47 Å². The summed E-state index contributed by atoms with van der Waals surface area (Å²) in [4.78, 5) is 39.0. The molecule has 0 unspecified atom stereocenters. The van der Waals surface area contributed by atoms with Crippen molar-refractivity contribution in [2.45, 2.75) is 0 Å². The van der Waals surface area contributed by atoms with Crippen molar-refractivity contribution in [2.75, 3.05) is 14.1 Å². The van der Waals surface area contributed by atoms with Gasteiger partial charge in [0.2, 0.25) is 0 Å². The molecular weight excluding hydrogens is 384 g/mol. The molecule has 0 aliphatic carbocycles. The number of amides is 1. The lowest BCUT2D eigenvalue weighted by molar-refractivity contribution is 0.172. The Morgan fingerprint density at radius 1 is 0.933 bits per heavy atom. The van der Waals surface area contributed by atoms with Crippen molar-refractivity contribution in [3.05, 3.63) is 93.6 Å². The minimum Gasteiger partial charge on any atom is -0.422 e. The first kappa shape index (κ1) is 19.2. The van der Waals surface area contributed by atoms with E-state index in [1.807, 2.05) is 48.5 Å². The van der Waals surface area contributed by atoms with Crippen LogP contribution in [0.4, 0.5) is 4.79 Å². The highest BCUT2D eigenvalue weighted by molar-refractivity contribution is 5.88. The third-order valence-corrected chi connectivity index (χ3v) is 4.52. The third kappa shape index (κ3) is 3.48. The molecule has 0 N–H and O–H groups in total. The quantitative estimate of drug-likeness (QED) is 0.522. The molecule has 150 valence electrons. The molecule has 2 heterocycles. The summed E-state index contributed by atoms with van der Waals surface area (Å²) >= 11 is 0. The second-order valence-electron chi connectivity index (χ2n) is 6.80. The van der Waals surface area contributed by atoms with Crippen LogP contribution in [0.25, 0.3) is 27.9 Å². The van der Waals surface area contributed by atoms with Crippen LogP contribution in [0.15, 0.2) is 86.8 Å². The number of carbonyl (C=O) groups is 1. The number of ether oxygens (including phenoxy) is 1. The predicted octanol–water partition coefficient (Wildman–Crippen LogP) is 3.67. The highest BCUT2D eigenvalue weighted by Crippen LogP contribution is 2.28. The van der Waals surface area contributed by atoms with Gasteiger partial charge in [0.25, 0.3) is 5.56 Å². The van der Waals surface area contributed by atoms with Crippen LogP contribution in [-0.4, -0.2) is 29.7 Å². The maximum absolute atomic E-state index is 13.6. The Morgan fingerprint density at radius 3 is 2.20 bits per heavy atom. The van der Waals surface area contributed by atoms with E-state index in [9.17, 15) is 14.4 Å². The number of carbonyl (C=O) groups excluding carboxylic acids is 1. The Kier molecular flexibility index (Phi) is 4.93. The van der Waals surface area contributed by atoms with Gasteiger partial charge in [0.1, 0.15) is 11.0 Å². The van der Waals surface area contributed by atoms with Gasteiger partial charge in [-0.1, -0.05) is 48.5 Å². The Labute approximate surface area is 171 Å². The maximum Gasteiger partial charge on any atom is 0.414 e. The number of aromatic nitrogens is 1. The number of pyridine rings is 1. The molecule has 0 fully saturated rings. The van der Waals surface area contributed by atoms with Crippen LogP contribution in [0.5, 0.6) is 5.75 Å². The normalized spacial score (nSPS) is 10.7. The number of hydrogen-bond donors (Lipinski definition) is 0. The first-order chi connectivity index (χ1) is 14.5. The second-order valence-corrected chi connectivity index (χ2v) is 6.80. The van der Waals surface area contributed by atoms with Crippen LogP contribution >= 0.6 is 0 Å². The third-order valence-electron chi connectivity index (χ3n) is 4.52. The number of para-hydroxylation sites is 1. The molecule has 0 aliphatic heterocycles. The van der Waals surface area contributed by atoms with Crippen molar-refractivity contribution < 1.29 is 13.9 Å². The molecule has 0 saturated heterocycles. The zero-order valence-electron chi connectivity index (χ0n) is 16.4. The van der Waals surface area contributed by atoms with Gasteiger partial charge < -0.3 is 14.1 Å². The number of nitrogens with zero attached hydrogens (tertiary/aromatic N) is 2. The van der Waals surface area contributed by atoms with Gasteiger partial charge in [0.15, 0.2) is 5.75 Å². The summed E-state index contributed by atoms with van der Waals surface area (Å²) in [6.45, 7) is 0. The minimum absolute atomic E-state index is 0.00772. The summed E-state index contributed by atoms with van der Waals surface area (Å²) < 4.78 is 12.1. The van der Waals surface area contributed by atoms with Gasteiger partial charge in [0.05, 0.1) is 11.8 Å². The van der Waals surface area contributed by atoms with Crippen LogP contribution in [-0.2, 0) is 0 Å². The number of benzene rings is 2. The van der Waals surface area contributed by atoms with E-state index >= 15 is 0 Å². The van der Waals surface area contributed by atoms with Gasteiger partial charge in [-0.3, -0.25) is 9.36 Å². The van der Waals surface area contributed by atoms with Gasteiger partial charge in [-0.05, 0) is 17.7 Å². The molecule has 0 saturated carbocycles. The second kappa shape index (κ2) is 7.71. The number of hydrogen-bond acceptors (Lipinski definition) is 5. The van der Waals surface area contributed by atoms with E-state index in [0.717, 1.165) is 11.6 Å². The van der Waals surface area contributed by atoms with Crippen LogP contribution in [0.2, 0.25) is 0 Å². The zero-order valence-corrected chi connectivity index (χ0v) is 16.4. The molecule has 7 nitrogen and oxygen atoms in total. The average molecular weight is 402 g/mol. The fraction of sp³-hybridized carbons (Fsp3) is 0.0870. The zero-order chi connectivity index (χ0) is 21.3. The SMILES string of the molecule is CN(C)C(=O)Oc1cc(=O)oc2cc(-c3ccccc3)n(-c3ccccc3)c(=O)c12. The van der Waals surface area contributed by atoms with Crippen LogP contribution < -0.4 is 15.9 Å². The van der Waals surface area contributed by atoms with Crippen molar-refractivity contribution in [1.29, 1.82) is 0 Å². The first-order valence-corrected chi connectivity index (χ1v) is 9.19. The summed E-state index contributed by atoms with van der Waals surface area (Å²) in [6, 6.07) is 21.0. The molecule has 0 bridgehead atoms. The Hall–Kier alpha value is -4.13. The molecule has 0 radical (unpaired) electrons. The smallest absolute Gasteiger partial charge is 0.414 e. The summed E-state index contributed by atoms with van der Waals surface area (Å²) in [7, 11) is 3.01. The van der Waals surface area contributed by atoms with Gasteiger partial charge in [-0.15, -0.1) is 0 Å². The average Bonchev–Trinajstić information content (AvgIpc) is 2.74. The predicted molar refractivity (Wildman–Crippen MR) is 113 cm³/mol. The molecule has 1 amide bonds. The van der Waals surface area contributed by atoms with Crippen molar-refractivity contribution in [3.8, 4) is 22.7 Å². The van der Waals surface area contributed by atoms with Gasteiger partial charge in [-0.2, -0.15) is 0 Å². The van der Waals surface area contributed by atoms with Crippen molar-refractivity contribution >= 4 is 17.1 Å². The van der Waals surface area contributed by atoms with Gasteiger partial charge >= 0.3 is 11.7 Å². The monoisotopic (exact) mass is 402 g/mol. The maximum atomic E-state index is 13.6. The summed E-state index contributed by atoms with van der Waals surface area (Å²) in [5, 5.41) is 0.00772. The number of fused-ring (bicyclic) bond motifs is 1. The van der Waals surface area contributed by atoms with E-state index in [1.165, 1.54) is 23.6 Å². The standard InChI is InChI=1S/C23H18N2O5/c1-24(2)23(28)30-19-14-20(26)29-18-13-17(15-9-5-3-6-10-15)25(22(27)21(18)19)16-11-7-4-8-12-16/h3-14H,1-2H3. The molecular formula is C23H18N2O5.